The molecule has 0 spiro atoms. The fourth-order valence-corrected chi connectivity index (χ4v) is 2.49. The molecule has 0 heterocycles. The Balaban J connectivity index is 2.61. The van der Waals surface area contributed by atoms with Gasteiger partial charge in [0.15, 0.2) is 0 Å². The lowest BCUT2D eigenvalue weighted by Crippen LogP contribution is -2.35. The van der Waals surface area contributed by atoms with Crippen molar-refractivity contribution in [3.63, 3.8) is 0 Å². The number of carbonyl (C=O) groups is 1. The van der Waals surface area contributed by atoms with Gasteiger partial charge in [-0.15, -0.1) is 0 Å². The van der Waals surface area contributed by atoms with E-state index in [1.165, 1.54) is 7.11 Å². The Hall–Kier alpha value is -1.17. The van der Waals surface area contributed by atoms with Crippen molar-refractivity contribution >= 4 is 5.97 Å². The molecule has 1 rings (SSSR count). The van der Waals surface area contributed by atoms with Crippen molar-refractivity contribution in [3.05, 3.63) is 23.8 Å². The quantitative estimate of drug-likeness (QED) is 0.341. The van der Waals surface area contributed by atoms with Crippen molar-refractivity contribution < 1.29 is 24.8 Å². The molecule has 21 heavy (non-hydrogen) atoms. The first-order valence-corrected chi connectivity index (χ1v) is 7.22. The van der Waals surface area contributed by atoms with E-state index in [-0.39, 0.29) is 11.9 Å². The lowest BCUT2D eigenvalue weighted by molar-refractivity contribution is -0.297. The van der Waals surface area contributed by atoms with Crippen LogP contribution in [0.3, 0.4) is 0 Å². The van der Waals surface area contributed by atoms with Gasteiger partial charge >= 0.3 is 5.97 Å². The van der Waals surface area contributed by atoms with Crippen LogP contribution in [0.25, 0.3) is 0 Å². The van der Waals surface area contributed by atoms with Gasteiger partial charge in [-0.2, -0.15) is 0 Å². The Bertz CT molecular complexity index is 420. The van der Waals surface area contributed by atoms with E-state index in [1.54, 1.807) is 26.8 Å². The van der Waals surface area contributed by atoms with Gasteiger partial charge in [-0.1, -0.05) is 18.2 Å². The van der Waals surface area contributed by atoms with Crippen molar-refractivity contribution in [2.75, 3.05) is 7.11 Å². The molecule has 1 aliphatic rings. The molecule has 0 aromatic carbocycles. The van der Waals surface area contributed by atoms with Crippen molar-refractivity contribution in [3.8, 4) is 0 Å². The topological polar surface area (TPSA) is 76.0 Å². The lowest BCUT2D eigenvalue weighted by Gasteiger charge is -2.34. The molecule has 0 aliphatic heterocycles. The monoisotopic (exact) mass is 298 g/mol. The molecular weight excluding hydrogens is 272 g/mol. The van der Waals surface area contributed by atoms with Crippen molar-refractivity contribution in [1.82, 2.24) is 0 Å². The van der Waals surface area contributed by atoms with Crippen LogP contribution in [0.4, 0.5) is 0 Å². The van der Waals surface area contributed by atoms with Crippen LogP contribution in [0.15, 0.2) is 23.8 Å². The van der Waals surface area contributed by atoms with Crippen molar-refractivity contribution in [1.29, 1.82) is 0 Å². The minimum absolute atomic E-state index is 0.0914. The maximum Gasteiger partial charge on any atom is 0.333 e. The van der Waals surface area contributed by atoms with Crippen LogP contribution in [0.1, 0.15) is 46.5 Å². The predicted molar refractivity (Wildman–Crippen MR) is 79.6 cm³/mol. The third kappa shape index (κ3) is 5.26. The third-order valence-electron chi connectivity index (χ3n) is 4.02. The van der Waals surface area contributed by atoms with Crippen LogP contribution in [0.5, 0.6) is 0 Å². The summed E-state index contributed by atoms with van der Waals surface area (Å²) >= 11 is 0. The number of methoxy groups -OCH3 is 1. The summed E-state index contributed by atoms with van der Waals surface area (Å²) in [6.07, 6.45) is 7.90. The van der Waals surface area contributed by atoms with Gasteiger partial charge in [0.1, 0.15) is 5.60 Å². The van der Waals surface area contributed by atoms with Gasteiger partial charge in [-0.05, 0) is 52.4 Å². The van der Waals surface area contributed by atoms with Gasteiger partial charge in [0.05, 0.1) is 12.7 Å². The zero-order valence-electron chi connectivity index (χ0n) is 13.3. The Morgan fingerprint density at radius 2 is 2.14 bits per heavy atom. The molecule has 0 unspecified atom stereocenters. The molecule has 1 aliphatic carbocycles. The number of rotatable bonds is 6. The molecule has 2 atom stereocenters. The van der Waals surface area contributed by atoms with E-state index >= 15 is 0 Å². The Morgan fingerprint density at radius 3 is 2.62 bits per heavy atom. The van der Waals surface area contributed by atoms with Crippen LogP contribution in [-0.2, 0) is 14.4 Å². The molecule has 0 saturated carbocycles. The second kappa shape index (κ2) is 7.20. The molecule has 0 fully saturated rings. The fraction of sp³-hybridized carbons (Fsp3) is 0.688. The molecule has 5 heteroatoms. The minimum Gasteiger partial charge on any atom is -0.466 e. The zero-order valence-corrected chi connectivity index (χ0v) is 13.3. The molecule has 0 amide bonds. The first-order valence-electron chi connectivity index (χ1n) is 7.22. The summed E-state index contributed by atoms with van der Waals surface area (Å²) in [6.45, 7) is 5.25. The zero-order chi connectivity index (χ0) is 16.1. The summed E-state index contributed by atoms with van der Waals surface area (Å²) in [6, 6.07) is 0. The number of aliphatic hydroxyl groups is 1. The molecule has 0 aromatic rings. The highest BCUT2D eigenvalue weighted by atomic mass is 17.1. The number of hydrogen-bond acceptors (Lipinski definition) is 5. The predicted octanol–water partition coefficient (Wildman–Crippen LogP) is 2.85. The van der Waals surface area contributed by atoms with Gasteiger partial charge in [0, 0.05) is 5.57 Å². The van der Waals surface area contributed by atoms with E-state index in [1.807, 2.05) is 12.2 Å². The first-order chi connectivity index (χ1) is 9.72. The highest BCUT2D eigenvalue weighted by molar-refractivity contribution is 5.88. The highest BCUT2D eigenvalue weighted by Gasteiger charge is 2.33. The normalized spacial score (nSPS) is 22.8. The highest BCUT2D eigenvalue weighted by Crippen LogP contribution is 2.34. The molecule has 0 aromatic heterocycles. The number of carbonyl (C=O) groups excluding carboxylic acids is 1. The van der Waals surface area contributed by atoms with E-state index < -0.39 is 11.2 Å². The van der Waals surface area contributed by atoms with Gasteiger partial charge in [0.25, 0.3) is 0 Å². The lowest BCUT2D eigenvalue weighted by atomic mass is 9.77. The van der Waals surface area contributed by atoms with Crippen LogP contribution in [0.2, 0.25) is 0 Å². The summed E-state index contributed by atoms with van der Waals surface area (Å²) in [4.78, 5) is 15.8. The fourth-order valence-electron chi connectivity index (χ4n) is 2.49. The number of hydrogen-bond donors (Lipinski definition) is 2. The second-order valence-electron chi connectivity index (χ2n) is 6.35. The van der Waals surface area contributed by atoms with Gasteiger partial charge in [-0.3, -0.25) is 5.26 Å². The summed E-state index contributed by atoms with van der Waals surface area (Å²) in [5.41, 5.74) is -0.934. The molecule has 0 saturated heterocycles. The van der Waals surface area contributed by atoms with Crippen LogP contribution in [0, 0.1) is 5.92 Å². The number of esters is 1. The summed E-state index contributed by atoms with van der Waals surface area (Å²) in [5, 5.41) is 19.3. The summed E-state index contributed by atoms with van der Waals surface area (Å²) < 4.78 is 4.71. The third-order valence-corrected chi connectivity index (χ3v) is 4.02. The minimum atomic E-state index is -0.861. The van der Waals surface area contributed by atoms with E-state index in [0.29, 0.717) is 24.8 Å². The van der Waals surface area contributed by atoms with Gasteiger partial charge in [-0.25, -0.2) is 9.68 Å². The molecule has 0 bridgehead atoms. The molecule has 5 nitrogen and oxygen atoms in total. The first kappa shape index (κ1) is 17.9. The average molecular weight is 298 g/mol. The number of ether oxygens (including phenoxy) is 1. The van der Waals surface area contributed by atoms with E-state index in [4.69, 9.17) is 9.99 Å². The smallest absolute Gasteiger partial charge is 0.333 e. The molecule has 0 radical (unpaired) electrons. The summed E-state index contributed by atoms with van der Waals surface area (Å²) in [5.74, 6) is -0.191. The average Bonchev–Trinajstić information content (AvgIpc) is 2.46. The van der Waals surface area contributed by atoms with Crippen LogP contribution >= 0.6 is 0 Å². The Labute approximate surface area is 126 Å². The number of allylic oxidation sites excluding steroid dienone is 1. The van der Waals surface area contributed by atoms with E-state index in [0.717, 1.165) is 6.42 Å². The molecular formula is C16H26O5. The SMILES string of the molecule is COC(=O)C1=CC[C@H]([C@](C)(O)C/C=C/C(C)(C)OO)CC1. The van der Waals surface area contributed by atoms with Crippen molar-refractivity contribution in [2.24, 2.45) is 5.92 Å². The largest absolute Gasteiger partial charge is 0.466 e. The summed E-state index contributed by atoms with van der Waals surface area (Å²) in [7, 11) is 1.38. The maximum atomic E-state index is 11.4. The van der Waals surface area contributed by atoms with Crippen molar-refractivity contribution in [2.45, 2.75) is 57.7 Å². The maximum absolute atomic E-state index is 11.4. The Morgan fingerprint density at radius 1 is 1.48 bits per heavy atom. The van der Waals surface area contributed by atoms with Gasteiger partial charge in [0.2, 0.25) is 0 Å². The van der Waals surface area contributed by atoms with E-state index in [2.05, 4.69) is 4.89 Å². The Kier molecular flexibility index (Phi) is 6.13. The van der Waals surface area contributed by atoms with Crippen LogP contribution < -0.4 is 0 Å². The second-order valence-corrected chi connectivity index (χ2v) is 6.35. The molecule has 2 N–H and O–H groups in total. The van der Waals surface area contributed by atoms with E-state index in [9.17, 15) is 9.90 Å². The molecule has 120 valence electrons. The van der Waals surface area contributed by atoms with Gasteiger partial charge < -0.3 is 9.84 Å². The standard InChI is InChI=1S/C16H26O5/c1-15(2,21-19)10-5-11-16(3,18)13-8-6-12(7-9-13)14(17)20-4/h5-6,10,13,18-19H,7-9,11H2,1-4H3/b10-5+/t13-,16+/m0/s1. The van der Waals surface area contributed by atoms with Crippen LogP contribution in [-0.4, -0.2) is 34.6 Å².